The van der Waals surface area contributed by atoms with Crippen LogP contribution in [0.3, 0.4) is 0 Å². The molecule has 0 bridgehead atoms. The number of rotatable bonds is 7. The first-order valence-corrected chi connectivity index (χ1v) is 10.8. The van der Waals surface area contributed by atoms with Crippen molar-refractivity contribution in [2.24, 2.45) is 14.1 Å². The molecule has 0 spiro atoms. The second kappa shape index (κ2) is 9.44. The van der Waals surface area contributed by atoms with Crippen LogP contribution in [-0.2, 0) is 25.4 Å². The molecule has 2 aromatic heterocycles. The van der Waals surface area contributed by atoms with Crippen molar-refractivity contribution in [3.05, 3.63) is 74.7 Å². The number of carbonyl (C=O) groups is 1. The maximum absolute atomic E-state index is 12.9. The smallest absolute Gasteiger partial charge is 0.332 e. The summed E-state index contributed by atoms with van der Waals surface area (Å²) in [5.74, 6) is 0.966. The number of halogens is 1. The van der Waals surface area contributed by atoms with Crippen molar-refractivity contribution in [2.75, 3.05) is 11.9 Å². The molecule has 1 N–H and O–H groups in total. The molecule has 4 rings (SSSR count). The van der Waals surface area contributed by atoms with E-state index in [1.807, 2.05) is 6.92 Å². The summed E-state index contributed by atoms with van der Waals surface area (Å²) < 4.78 is 14.9. The minimum atomic E-state index is -0.650. The Morgan fingerprint density at radius 3 is 2.50 bits per heavy atom. The maximum Gasteiger partial charge on any atom is 0.332 e. The van der Waals surface area contributed by atoms with Crippen LogP contribution >= 0.6 is 11.6 Å². The molecule has 1 amide bonds. The minimum absolute atomic E-state index is 0.220. The van der Waals surface area contributed by atoms with Crippen LogP contribution in [0.5, 0.6) is 17.2 Å². The van der Waals surface area contributed by atoms with Gasteiger partial charge in [0.15, 0.2) is 16.9 Å². The van der Waals surface area contributed by atoms with E-state index in [1.165, 1.54) is 28.6 Å². The molecule has 0 aliphatic carbocycles. The van der Waals surface area contributed by atoms with Gasteiger partial charge in [-0.05, 0) is 49.4 Å². The van der Waals surface area contributed by atoms with E-state index in [1.54, 1.807) is 43.4 Å². The molecule has 0 saturated heterocycles. The predicted octanol–water partition coefficient (Wildman–Crippen LogP) is 2.92. The summed E-state index contributed by atoms with van der Waals surface area (Å²) in [5, 5.41) is 3.05. The normalized spacial score (nSPS) is 10.9. The van der Waals surface area contributed by atoms with Gasteiger partial charge in [0.25, 0.3) is 5.56 Å². The van der Waals surface area contributed by atoms with Crippen LogP contribution in [0.25, 0.3) is 11.2 Å². The molecular weight excluding hydrogens is 462 g/mol. The fourth-order valence-electron chi connectivity index (χ4n) is 3.46. The van der Waals surface area contributed by atoms with E-state index in [4.69, 9.17) is 21.1 Å². The highest BCUT2D eigenvalue weighted by Crippen LogP contribution is 2.32. The first-order chi connectivity index (χ1) is 16.3. The van der Waals surface area contributed by atoms with Crippen LogP contribution in [0.4, 0.5) is 5.69 Å². The van der Waals surface area contributed by atoms with E-state index >= 15 is 0 Å². The number of benzene rings is 2. The van der Waals surface area contributed by atoms with Crippen LogP contribution in [0.15, 0.2) is 58.4 Å². The lowest BCUT2D eigenvalue weighted by Crippen LogP contribution is -2.42. The molecule has 0 unspecified atom stereocenters. The molecule has 0 fully saturated rings. The number of carbonyl (C=O) groups excluding carboxylic acids is 1. The lowest BCUT2D eigenvalue weighted by Gasteiger charge is -2.14. The highest BCUT2D eigenvalue weighted by Gasteiger charge is 2.18. The molecule has 2 heterocycles. The number of imidazole rings is 1. The van der Waals surface area contributed by atoms with Gasteiger partial charge in [0.1, 0.15) is 18.0 Å². The van der Waals surface area contributed by atoms with Gasteiger partial charge in [0, 0.05) is 19.1 Å². The van der Waals surface area contributed by atoms with Gasteiger partial charge in [-0.25, -0.2) is 14.3 Å². The van der Waals surface area contributed by atoms with Crippen LogP contribution < -0.4 is 26.0 Å². The maximum atomic E-state index is 12.9. The van der Waals surface area contributed by atoms with Crippen molar-refractivity contribution < 1.29 is 14.3 Å². The Labute approximate surface area is 198 Å². The summed E-state index contributed by atoms with van der Waals surface area (Å²) in [6.07, 6.45) is 1.44. The zero-order valence-electron chi connectivity index (χ0n) is 18.7. The third-order valence-corrected chi connectivity index (χ3v) is 5.32. The monoisotopic (exact) mass is 483 g/mol. The number of anilines is 1. The van der Waals surface area contributed by atoms with Crippen molar-refractivity contribution in [3.8, 4) is 17.2 Å². The number of hydrogen-bond donors (Lipinski definition) is 1. The van der Waals surface area contributed by atoms with Crippen LogP contribution in [0, 0.1) is 0 Å². The Balaban J connectivity index is 1.59. The standard InChI is InChI=1S/C23H22ClN5O5/c1-4-33-15-6-8-16(9-7-15)34-18-10-5-14(24)11-17(18)26-19(30)12-29-22(31)20-21(25-13-27(20)2)28(3)23(29)32/h5-11,13H,4,12H2,1-3H3,(H,26,30). The Morgan fingerprint density at radius 2 is 1.79 bits per heavy atom. The first-order valence-electron chi connectivity index (χ1n) is 10.4. The lowest BCUT2D eigenvalue weighted by atomic mass is 10.2. The van der Waals surface area contributed by atoms with Crippen molar-refractivity contribution in [2.45, 2.75) is 13.5 Å². The molecular formula is C23H22ClN5O5. The average molecular weight is 484 g/mol. The quantitative estimate of drug-likeness (QED) is 0.433. The topological polar surface area (TPSA) is 109 Å². The first kappa shape index (κ1) is 23.1. The Hall–Kier alpha value is -4.05. The SMILES string of the molecule is CCOc1ccc(Oc2ccc(Cl)cc2NC(=O)Cn2c(=O)c3c(ncn3C)n(C)c2=O)cc1. The Kier molecular flexibility index (Phi) is 6.42. The Bertz CT molecular complexity index is 1490. The number of aromatic nitrogens is 4. The van der Waals surface area contributed by atoms with E-state index in [2.05, 4.69) is 10.3 Å². The van der Waals surface area contributed by atoms with Crippen LogP contribution in [0.1, 0.15) is 6.92 Å². The van der Waals surface area contributed by atoms with Gasteiger partial charge in [-0.2, -0.15) is 0 Å². The van der Waals surface area contributed by atoms with Gasteiger partial charge in [-0.3, -0.25) is 14.2 Å². The number of nitrogens with one attached hydrogen (secondary N) is 1. The number of fused-ring (bicyclic) bond motifs is 1. The third kappa shape index (κ3) is 4.53. The fourth-order valence-corrected chi connectivity index (χ4v) is 3.63. The summed E-state index contributed by atoms with van der Waals surface area (Å²) in [4.78, 5) is 42.4. The molecule has 0 radical (unpaired) electrons. The molecule has 2 aromatic carbocycles. The molecule has 0 saturated carbocycles. The molecule has 34 heavy (non-hydrogen) atoms. The molecule has 0 aliphatic heterocycles. The van der Waals surface area contributed by atoms with Gasteiger partial charge in [-0.15, -0.1) is 0 Å². The summed E-state index contributed by atoms with van der Waals surface area (Å²) in [6, 6.07) is 11.8. The second-order valence-electron chi connectivity index (χ2n) is 7.46. The summed E-state index contributed by atoms with van der Waals surface area (Å²) in [7, 11) is 3.13. The van der Waals surface area contributed by atoms with Gasteiger partial charge >= 0.3 is 5.69 Å². The summed E-state index contributed by atoms with van der Waals surface area (Å²) in [5.41, 5.74) is -0.501. The highest BCUT2D eigenvalue weighted by atomic mass is 35.5. The second-order valence-corrected chi connectivity index (χ2v) is 7.89. The molecule has 11 heteroatoms. The lowest BCUT2D eigenvalue weighted by molar-refractivity contribution is -0.116. The zero-order valence-corrected chi connectivity index (χ0v) is 19.5. The zero-order chi connectivity index (χ0) is 24.4. The van der Waals surface area contributed by atoms with Crippen LogP contribution in [-0.4, -0.2) is 31.2 Å². The molecule has 4 aromatic rings. The van der Waals surface area contributed by atoms with E-state index in [-0.39, 0.29) is 16.9 Å². The summed E-state index contributed by atoms with van der Waals surface area (Å²) >= 11 is 6.12. The number of hydrogen-bond acceptors (Lipinski definition) is 6. The van der Waals surface area contributed by atoms with Gasteiger partial charge in [0.05, 0.1) is 18.6 Å². The fraction of sp³-hybridized carbons (Fsp3) is 0.217. The average Bonchev–Trinajstić information content (AvgIpc) is 3.20. The molecule has 176 valence electrons. The van der Waals surface area contributed by atoms with E-state index < -0.39 is 23.7 Å². The third-order valence-electron chi connectivity index (χ3n) is 5.08. The van der Waals surface area contributed by atoms with Crippen molar-refractivity contribution in [1.82, 2.24) is 18.7 Å². The van der Waals surface area contributed by atoms with E-state index in [9.17, 15) is 14.4 Å². The largest absolute Gasteiger partial charge is 0.494 e. The Morgan fingerprint density at radius 1 is 1.09 bits per heavy atom. The summed E-state index contributed by atoms with van der Waals surface area (Å²) in [6.45, 7) is 1.95. The number of amides is 1. The number of ether oxygens (including phenoxy) is 2. The van der Waals surface area contributed by atoms with Gasteiger partial charge in [0.2, 0.25) is 5.91 Å². The molecule has 0 atom stereocenters. The molecule has 10 nitrogen and oxygen atoms in total. The number of nitrogens with zero attached hydrogens (tertiary/aromatic N) is 4. The predicted molar refractivity (Wildman–Crippen MR) is 128 cm³/mol. The van der Waals surface area contributed by atoms with Crippen LogP contribution in [0.2, 0.25) is 5.02 Å². The van der Waals surface area contributed by atoms with Crippen molar-refractivity contribution in [1.29, 1.82) is 0 Å². The van der Waals surface area contributed by atoms with Crippen molar-refractivity contribution >= 4 is 34.4 Å². The molecule has 0 aliphatic rings. The number of aryl methyl sites for hydroxylation is 2. The van der Waals surface area contributed by atoms with E-state index in [0.29, 0.717) is 28.9 Å². The highest BCUT2D eigenvalue weighted by molar-refractivity contribution is 6.31. The minimum Gasteiger partial charge on any atom is -0.494 e. The van der Waals surface area contributed by atoms with E-state index in [0.717, 1.165) is 4.57 Å². The van der Waals surface area contributed by atoms with Gasteiger partial charge < -0.3 is 19.4 Å². The van der Waals surface area contributed by atoms with Gasteiger partial charge in [-0.1, -0.05) is 11.6 Å². The van der Waals surface area contributed by atoms with Crippen molar-refractivity contribution in [3.63, 3.8) is 0 Å².